The summed E-state index contributed by atoms with van der Waals surface area (Å²) in [6.07, 6.45) is 5.62. The molecule has 0 radical (unpaired) electrons. The molecule has 1 aliphatic heterocycles. The van der Waals surface area contributed by atoms with Crippen molar-refractivity contribution in [3.8, 4) is 18.4 Å². The van der Waals surface area contributed by atoms with Gasteiger partial charge in [-0.3, -0.25) is 4.90 Å². The summed E-state index contributed by atoms with van der Waals surface area (Å²) in [6, 6.07) is 2.09. The van der Waals surface area contributed by atoms with Crippen LogP contribution >= 0.6 is 0 Å². The van der Waals surface area contributed by atoms with Crippen LogP contribution in [-0.4, -0.2) is 37.2 Å². The van der Waals surface area contributed by atoms with Crippen molar-refractivity contribution in [3.63, 3.8) is 0 Å². The lowest BCUT2D eigenvalue weighted by Crippen LogP contribution is -2.42. The second-order valence-electron chi connectivity index (χ2n) is 2.74. The van der Waals surface area contributed by atoms with Crippen LogP contribution in [0, 0.1) is 23.7 Å². The third-order valence-electron chi connectivity index (χ3n) is 1.87. The predicted molar refractivity (Wildman–Crippen MR) is 45.2 cm³/mol. The molecule has 0 saturated carbocycles. The van der Waals surface area contributed by atoms with E-state index in [1.165, 1.54) is 0 Å². The fourth-order valence-electron chi connectivity index (χ4n) is 1.21. The number of ether oxygens (including phenoxy) is 1. The maximum atomic E-state index is 8.59. The van der Waals surface area contributed by atoms with Crippen molar-refractivity contribution in [1.82, 2.24) is 4.90 Å². The molecule has 0 spiro atoms. The first-order chi connectivity index (χ1) is 5.86. The summed E-state index contributed by atoms with van der Waals surface area (Å²) < 4.78 is 5.18. The smallest absolute Gasteiger partial charge is 0.156 e. The molecule has 1 rings (SSSR count). The summed E-state index contributed by atoms with van der Waals surface area (Å²) in [5, 5.41) is 8.59. The first-order valence-electron chi connectivity index (χ1n) is 4.04. The third kappa shape index (κ3) is 2.54. The van der Waals surface area contributed by atoms with E-state index in [1.54, 1.807) is 0 Å². The Morgan fingerprint density at radius 3 is 3.17 bits per heavy atom. The summed E-state index contributed by atoms with van der Waals surface area (Å²) in [5.74, 6) is 2.58. The molecule has 0 amide bonds. The highest BCUT2D eigenvalue weighted by Gasteiger charge is 2.18. The van der Waals surface area contributed by atoms with Gasteiger partial charge in [0.2, 0.25) is 0 Å². The summed E-state index contributed by atoms with van der Waals surface area (Å²) in [7, 11) is 0. The molecule has 3 nitrogen and oxygen atoms in total. The first-order valence-corrected chi connectivity index (χ1v) is 4.04. The Labute approximate surface area is 72.9 Å². The van der Waals surface area contributed by atoms with Gasteiger partial charge in [0.05, 0.1) is 12.7 Å². The summed E-state index contributed by atoms with van der Waals surface area (Å²) >= 11 is 0. The number of rotatable bonds is 2. The largest absolute Gasteiger partial charge is 0.361 e. The van der Waals surface area contributed by atoms with E-state index in [-0.39, 0.29) is 6.10 Å². The van der Waals surface area contributed by atoms with Gasteiger partial charge >= 0.3 is 0 Å². The van der Waals surface area contributed by atoms with Crippen molar-refractivity contribution >= 4 is 0 Å². The average Bonchev–Trinajstić information content (AvgIpc) is 2.15. The fourth-order valence-corrected chi connectivity index (χ4v) is 1.21. The van der Waals surface area contributed by atoms with Gasteiger partial charge in [-0.2, -0.15) is 5.26 Å². The van der Waals surface area contributed by atoms with E-state index in [4.69, 9.17) is 16.4 Å². The molecule has 1 unspecified atom stereocenters. The van der Waals surface area contributed by atoms with E-state index in [2.05, 4.69) is 16.9 Å². The predicted octanol–water partition coefficient (Wildman–Crippen LogP) is 0.234. The Bertz CT molecular complexity index is 214. The van der Waals surface area contributed by atoms with Gasteiger partial charge in [0.15, 0.2) is 6.10 Å². The lowest BCUT2D eigenvalue weighted by molar-refractivity contribution is 0.00148. The second kappa shape index (κ2) is 4.77. The van der Waals surface area contributed by atoms with Crippen molar-refractivity contribution in [3.05, 3.63) is 0 Å². The number of terminal acetylenes is 1. The maximum Gasteiger partial charge on any atom is 0.156 e. The van der Waals surface area contributed by atoms with E-state index in [0.29, 0.717) is 13.2 Å². The van der Waals surface area contributed by atoms with Crippen LogP contribution in [0.4, 0.5) is 0 Å². The molecule has 0 aliphatic carbocycles. The van der Waals surface area contributed by atoms with Crippen LogP contribution in [0.15, 0.2) is 0 Å². The van der Waals surface area contributed by atoms with Crippen molar-refractivity contribution in [1.29, 1.82) is 5.26 Å². The zero-order valence-electron chi connectivity index (χ0n) is 6.99. The van der Waals surface area contributed by atoms with E-state index >= 15 is 0 Å². The minimum atomic E-state index is -0.267. The van der Waals surface area contributed by atoms with Crippen LogP contribution in [0.3, 0.4) is 0 Å². The van der Waals surface area contributed by atoms with Crippen LogP contribution in [-0.2, 0) is 4.74 Å². The van der Waals surface area contributed by atoms with E-state index in [1.807, 2.05) is 0 Å². The molecule has 12 heavy (non-hydrogen) atoms. The lowest BCUT2D eigenvalue weighted by atomic mass is 10.3. The highest BCUT2D eigenvalue weighted by atomic mass is 16.5. The van der Waals surface area contributed by atoms with Crippen molar-refractivity contribution in [2.24, 2.45) is 0 Å². The topological polar surface area (TPSA) is 36.3 Å². The van der Waals surface area contributed by atoms with Crippen LogP contribution in [0.25, 0.3) is 0 Å². The normalized spacial score (nSPS) is 24.3. The Morgan fingerprint density at radius 2 is 2.50 bits per heavy atom. The number of morpholine rings is 1. The fraction of sp³-hybridized carbons (Fsp3) is 0.667. The monoisotopic (exact) mass is 164 g/mol. The lowest BCUT2D eigenvalue weighted by Gasteiger charge is -2.28. The number of hydrogen-bond donors (Lipinski definition) is 0. The zero-order chi connectivity index (χ0) is 8.81. The van der Waals surface area contributed by atoms with Crippen LogP contribution in [0.1, 0.15) is 6.42 Å². The van der Waals surface area contributed by atoms with Gasteiger partial charge in [-0.25, -0.2) is 0 Å². The summed E-state index contributed by atoms with van der Waals surface area (Å²) in [4.78, 5) is 2.16. The summed E-state index contributed by atoms with van der Waals surface area (Å²) in [5.41, 5.74) is 0. The Hall–Kier alpha value is -1.03. The Kier molecular flexibility index (Phi) is 3.60. The van der Waals surface area contributed by atoms with Crippen LogP contribution in [0.2, 0.25) is 0 Å². The number of nitriles is 1. The molecule has 1 saturated heterocycles. The molecule has 0 bridgehead atoms. The van der Waals surface area contributed by atoms with E-state index < -0.39 is 0 Å². The molecule has 64 valence electrons. The van der Waals surface area contributed by atoms with Gasteiger partial charge < -0.3 is 4.74 Å². The number of hydrogen-bond acceptors (Lipinski definition) is 3. The van der Waals surface area contributed by atoms with Crippen LogP contribution in [0.5, 0.6) is 0 Å². The van der Waals surface area contributed by atoms with Crippen molar-refractivity contribution in [2.45, 2.75) is 12.5 Å². The zero-order valence-corrected chi connectivity index (χ0v) is 6.99. The second-order valence-corrected chi connectivity index (χ2v) is 2.74. The van der Waals surface area contributed by atoms with Crippen molar-refractivity contribution < 1.29 is 4.74 Å². The molecule has 1 fully saturated rings. The molecule has 1 atom stereocenters. The summed E-state index contributed by atoms with van der Waals surface area (Å²) in [6.45, 7) is 3.10. The van der Waals surface area contributed by atoms with Crippen molar-refractivity contribution in [2.75, 3.05) is 26.2 Å². The molecular formula is C9H12N2O. The third-order valence-corrected chi connectivity index (χ3v) is 1.87. The van der Waals surface area contributed by atoms with Gasteiger partial charge in [-0.1, -0.05) is 0 Å². The maximum absolute atomic E-state index is 8.59. The van der Waals surface area contributed by atoms with Gasteiger partial charge in [-0.15, -0.1) is 12.3 Å². The molecular weight excluding hydrogens is 152 g/mol. The SMILES string of the molecule is C#CCCN1CCOC(C#N)C1. The molecule has 0 N–H and O–H groups in total. The molecule has 0 aromatic rings. The van der Waals surface area contributed by atoms with E-state index in [0.717, 1.165) is 19.5 Å². The van der Waals surface area contributed by atoms with Gasteiger partial charge in [-0.05, 0) is 0 Å². The minimum Gasteiger partial charge on any atom is -0.361 e. The Morgan fingerprint density at radius 1 is 1.67 bits per heavy atom. The highest BCUT2D eigenvalue weighted by molar-refractivity contribution is 4.91. The van der Waals surface area contributed by atoms with E-state index in [9.17, 15) is 0 Å². The van der Waals surface area contributed by atoms with Gasteiger partial charge in [0.1, 0.15) is 0 Å². The quantitative estimate of drug-likeness (QED) is 0.548. The molecule has 0 aromatic heterocycles. The molecule has 3 heteroatoms. The molecule has 1 heterocycles. The standard InChI is InChI=1S/C9H12N2O/c1-2-3-4-11-5-6-12-9(7-10)8-11/h1,9H,3-6,8H2. The Balaban J connectivity index is 2.28. The average molecular weight is 164 g/mol. The van der Waals surface area contributed by atoms with Crippen LogP contribution < -0.4 is 0 Å². The number of nitrogens with zero attached hydrogens (tertiary/aromatic N) is 2. The minimum absolute atomic E-state index is 0.267. The van der Waals surface area contributed by atoms with Gasteiger partial charge in [0, 0.05) is 26.1 Å². The highest BCUT2D eigenvalue weighted by Crippen LogP contribution is 2.03. The molecule has 1 aliphatic rings. The molecule has 0 aromatic carbocycles. The van der Waals surface area contributed by atoms with Gasteiger partial charge in [0.25, 0.3) is 0 Å². The first kappa shape index (κ1) is 9.06.